The summed E-state index contributed by atoms with van der Waals surface area (Å²) in [7, 11) is 0. The third-order valence-electron chi connectivity index (χ3n) is 4.57. The SMILES string of the molecule is CC(=O)N1C[C@H]2CC1CC2COc1cc(CN)ccn1. The Morgan fingerprint density at radius 1 is 1.55 bits per heavy atom. The number of hydrogen-bond donors (Lipinski definition) is 1. The van der Waals surface area contributed by atoms with Crippen LogP contribution in [0.25, 0.3) is 0 Å². The number of carbonyl (C=O) groups excluding carboxylic acids is 1. The van der Waals surface area contributed by atoms with E-state index >= 15 is 0 Å². The number of piperidine rings is 1. The van der Waals surface area contributed by atoms with E-state index in [1.807, 2.05) is 17.0 Å². The van der Waals surface area contributed by atoms with E-state index in [0.717, 1.165) is 24.9 Å². The minimum absolute atomic E-state index is 0.203. The standard InChI is InChI=1S/C15H21N3O2/c1-10(19)18-8-12-5-14(18)6-13(12)9-20-15-4-11(7-16)2-3-17-15/h2-4,12-14H,5-9,16H2,1H3/t12-,13?,14?/m1/s1. The fourth-order valence-electron chi connectivity index (χ4n) is 3.50. The first-order chi connectivity index (χ1) is 9.67. The van der Waals surface area contributed by atoms with Crippen LogP contribution in [0.2, 0.25) is 0 Å². The van der Waals surface area contributed by atoms with Gasteiger partial charge in [-0.25, -0.2) is 4.98 Å². The third-order valence-corrected chi connectivity index (χ3v) is 4.57. The number of likely N-dealkylation sites (tertiary alicyclic amines) is 1. The Kier molecular flexibility index (Phi) is 3.61. The molecule has 1 saturated carbocycles. The molecule has 3 rings (SSSR count). The van der Waals surface area contributed by atoms with Crippen LogP contribution in [-0.2, 0) is 11.3 Å². The molecule has 20 heavy (non-hydrogen) atoms. The molecule has 1 aliphatic carbocycles. The van der Waals surface area contributed by atoms with Crippen molar-refractivity contribution in [3.63, 3.8) is 0 Å². The first-order valence-electron chi connectivity index (χ1n) is 7.22. The monoisotopic (exact) mass is 275 g/mol. The van der Waals surface area contributed by atoms with E-state index in [0.29, 0.717) is 36.9 Å². The van der Waals surface area contributed by atoms with Crippen LogP contribution in [-0.4, -0.2) is 35.0 Å². The normalized spacial score (nSPS) is 27.9. The Morgan fingerprint density at radius 3 is 3.05 bits per heavy atom. The Hall–Kier alpha value is -1.62. The van der Waals surface area contributed by atoms with Crippen LogP contribution in [0.15, 0.2) is 18.3 Å². The zero-order valence-corrected chi connectivity index (χ0v) is 11.8. The minimum atomic E-state index is 0.203. The summed E-state index contributed by atoms with van der Waals surface area (Å²) in [6.07, 6.45) is 3.92. The summed E-state index contributed by atoms with van der Waals surface area (Å²) in [6, 6.07) is 4.22. The molecule has 1 amide bonds. The summed E-state index contributed by atoms with van der Waals surface area (Å²) >= 11 is 0. The zero-order chi connectivity index (χ0) is 14.1. The molecule has 108 valence electrons. The van der Waals surface area contributed by atoms with Gasteiger partial charge in [-0.1, -0.05) is 0 Å². The highest BCUT2D eigenvalue weighted by Crippen LogP contribution is 2.42. The van der Waals surface area contributed by atoms with E-state index in [9.17, 15) is 4.79 Å². The lowest BCUT2D eigenvalue weighted by atomic mass is 9.95. The molecule has 0 radical (unpaired) electrons. The molecule has 1 saturated heterocycles. The van der Waals surface area contributed by atoms with E-state index in [1.54, 1.807) is 13.1 Å². The number of carbonyl (C=O) groups is 1. The summed E-state index contributed by atoms with van der Waals surface area (Å²) in [5, 5.41) is 0. The Bertz CT molecular complexity index is 506. The smallest absolute Gasteiger partial charge is 0.219 e. The molecule has 2 unspecified atom stereocenters. The fourth-order valence-corrected chi connectivity index (χ4v) is 3.50. The molecule has 0 spiro atoms. The topological polar surface area (TPSA) is 68.5 Å². The van der Waals surface area contributed by atoms with Crippen molar-refractivity contribution in [3.05, 3.63) is 23.9 Å². The number of nitrogens with zero attached hydrogens (tertiary/aromatic N) is 2. The second-order valence-corrected chi connectivity index (χ2v) is 5.83. The van der Waals surface area contributed by atoms with Crippen LogP contribution in [0.3, 0.4) is 0 Å². The van der Waals surface area contributed by atoms with Crippen LogP contribution in [0.4, 0.5) is 0 Å². The molecule has 5 heteroatoms. The molecule has 3 atom stereocenters. The lowest BCUT2D eigenvalue weighted by Gasteiger charge is -2.30. The molecule has 2 N–H and O–H groups in total. The largest absolute Gasteiger partial charge is 0.477 e. The Balaban J connectivity index is 1.55. The summed E-state index contributed by atoms with van der Waals surface area (Å²) in [5.74, 6) is 1.98. The van der Waals surface area contributed by atoms with Gasteiger partial charge in [0.25, 0.3) is 0 Å². The Morgan fingerprint density at radius 2 is 2.40 bits per heavy atom. The number of ether oxygens (including phenoxy) is 1. The average molecular weight is 275 g/mol. The number of rotatable bonds is 4. The van der Waals surface area contributed by atoms with Crippen molar-refractivity contribution in [2.24, 2.45) is 17.6 Å². The van der Waals surface area contributed by atoms with Crippen LogP contribution in [0, 0.1) is 11.8 Å². The van der Waals surface area contributed by atoms with Crippen molar-refractivity contribution >= 4 is 5.91 Å². The fraction of sp³-hybridized carbons (Fsp3) is 0.600. The molecule has 0 aromatic carbocycles. The molecule has 2 bridgehead atoms. The van der Waals surface area contributed by atoms with Gasteiger partial charge in [-0.15, -0.1) is 0 Å². The second kappa shape index (κ2) is 5.40. The van der Waals surface area contributed by atoms with Gasteiger partial charge in [0, 0.05) is 38.3 Å². The molecule has 1 aromatic rings. The van der Waals surface area contributed by atoms with Crippen molar-refractivity contribution in [1.82, 2.24) is 9.88 Å². The van der Waals surface area contributed by atoms with Crippen molar-refractivity contribution < 1.29 is 9.53 Å². The molecule has 2 aliphatic rings. The number of aromatic nitrogens is 1. The molecule has 1 aromatic heterocycles. The minimum Gasteiger partial charge on any atom is -0.477 e. The highest BCUT2D eigenvalue weighted by Gasteiger charge is 2.45. The average Bonchev–Trinajstić information content (AvgIpc) is 3.05. The van der Waals surface area contributed by atoms with Gasteiger partial charge in [-0.2, -0.15) is 0 Å². The van der Waals surface area contributed by atoms with E-state index < -0.39 is 0 Å². The summed E-state index contributed by atoms with van der Waals surface area (Å²) in [6.45, 7) is 3.74. The maximum atomic E-state index is 11.5. The lowest BCUT2D eigenvalue weighted by molar-refractivity contribution is -0.131. The summed E-state index contributed by atoms with van der Waals surface area (Å²) < 4.78 is 5.81. The highest BCUT2D eigenvalue weighted by molar-refractivity contribution is 5.74. The zero-order valence-electron chi connectivity index (χ0n) is 11.8. The van der Waals surface area contributed by atoms with Crippen LogP contribution < -0.4 is 10.5 Å². The van der Waals surface area contributed by atoms with Crippen LogP contribution >= 0.6 is 0 Å². The second-order valence-electron chi connectivity index (χ2n) is 5.83. The number of nitrogens with two attached hydrogens (primary N) is 1. The first kappa shape index (κ1) is 13.4. The van der Waals surface area contributed by atoms with Gasteiger partial charge in [0.2, 0.25) is 11.8 Å². The molecular weight excluding hydrogens is 254 g/mol. The van der Waals surface area contributed by atoms with Crippen molar-refractivity contribution in [2.75, 3.05) is 13.2 Å². The number of pyridine rings is 1. The highest BCUT2D eigenvalue weighted by atomic mass is 16.5. The van der Waals surface area contributed by atoms with Crippen molar-refractivity contribution in [3.8, 4) is 5.88 Å². The van der Waals surface area contributed by atoms with Gasteiger partial charge < -0.3 is 15.4 Å². The summed E-state index contributed by atoms with van der Waals surface area (Å²) in [4.78, 5) is 17.7. The van der Waals surface area contributed by atoms with Gasteiger partial charge in [0.15, 0.2) is 0 Å². The van der Waals surface area contributed by atoms with E-state index in [4.69, 9.17) is 10.5 Å². The van der Waals surface area contributed by atoms with Gasteiger partial charge in [0.1, 0.15) is 0 Å². The number of amides is 1. The maximum Gasteiger partial charge on any atom is 0.219 e. The molecular formula is C15H21N3O2. The predicted molar refractivity (Wildman–Crippen MR) is 75.0 cm³/mol. The van der Waals surface area contributed by atoms with E-state index in [-0.39, 0.29) is 5.91 Å². The molecule has 1 aliphatic heterocycles. The van der Waals surface area contributed by atoms with Gasteiger partial charge in [-0.3, -0.25) is 4.79 Å². The van der Waals surface area contributed by atoms with Crippen molar-refractivity contribution in [1.29, 1.82) is 0 Å². The quantitative estimate of drug-likeness (QED) is 0.896. The Labute approximate surface area is 119 Å². The van der Waals surface area contributed by atoms with Crippen LogP contribution in [0.1, 0.15) is 25.3 Å². The lowest BCUT2D eigenvalue weighted by Crippen LogP contribution is -2.39. The van der Waals surface area contributed by atoms with Gasteiger partial charge in [0.05, 0.1) is 6.61 Å². The third kappa shape index (κ3) is 2.50. The maximum absolute atomic E-state index is 11.5. The van der Waals surface area contributed by atoms with Gasteiger partial charge in [-0.05, 0) is 36.3 Å². The van der Waals surface area contributed by atoms with Gasteiger partial charge >= 0.3 is 0 Å². The molecule has 2 heterocycles. The van der Waals surface area contributed by atoms with E-state index in [2.05, 4.69) is 4.98 Å². The first-order valence-corrected chi connectivity index (χ1v) is 7.22. The van der Waals surface area contributed by atoms with Crippen LogP contribution in [0.5, 0.6) is 5.88 Å². The molecule has 2 fully saturated rings. The number of fused-ring (bicyclic) bond motifs is 2. The predicted octanol–water partition coefficient (Wildman–Crippen LogP) is 1.18. The van der Waals surface area contributed by atoms with E-state index in [1.165, 1.54) is 0 Å². The number of hydrogen-bond acceptors (Lipinski definition) is 4. The van der Waals surface area contributed by atoms with Crippen molar-refractivity contribution in [2.45, 2.75) is 32.4 Å². The summed E-state index contributed by atoms with van der Waals surface area (Å²) in [5.41, 5.74) is 6.64. The molecule has 5 nitrogen and oxygen atoms in total.